The first kappa shape index (κ1) is 58.1. The summed E-state index contributed by atoms with van der Waals surface area (Å²) in [4.78, 5) is 53.2. The predicted octanol–water partition coefficient (Wildman–Crippen LogP) is 12.5. The van der Waals surface area contributed by atoms with Gasteiger partial charge in [-0.05, 0) is 95.2 Å². The molecule has 336 valence electrons. The summed E-state index contributed by atoms with van der Waals surface area (Å²) in [6.45, 7) is 17.6. The number of ether oxygens (including phenoxy) is 2. The molecule has 61 heavy (non-hydrogen) atoms. The molecule has 0 spiro atoms. The van der Waals surface area contributed by atoms with Gasteiger partial charge in [0, 0.05) is 17.6 Å². The lowest BCUT2D eigenvalue weighted by Crippen LogP contribution is -2.22. The van der Waals surface area contributed by atoms with Crippen molar-refractivity contribution in [3.63, 3.8) is 0 Å². The minimum Gasteiger partial charge on any atom is -0.465 e. The largest absolute Gasteiger partial charge is 0.465 e. The Balaban J connectivity index is 0. The normalized spacial score (nSPS) is 11.5. The Bertz CT molecular complexity index is 1730. The molecule has 3 rings (SSSR count). The van der Waals surface area contributed by atoms with E-state index >= 15 is 0 Å². The number of carbonyl (C=O) groups excluding carboxylic acids is 5. The molecular formula is C50H71O10P. The molecule has 0 fully saturated rings. The van der Waals surface area contributed by atoms with Crippen molar-refractivity contribution in [1.82, 2.24) is 0 Å². The molecule has 0 aromatic heterocycles. The average molecular weight is 863 g/mol. The van der Waals surface area contributed by atoms with Gasteiger partial charge in [0.25, 0.3) is 0 Å². The standard InChI is InChI=1S/C17H22O2.C12H14O.C9H19O5P.C7H6O.C5H10O/c1-4-9-16(12-14(3)17(18)19-5-2)13-15-10-7-6-8-11-15;1-2-6-12(10-13)9-11-7-4-3-5-8-11;1-5-12-9(10)8(4)15(11,13-6-2)14-7-3;8-6-7-4-2-1-3-5-7;1-2-3-4-5-6/h6-8,10-13H,4-5,9H2,1-3H3;3-5,7-10H,2,6H2,1H3;8H,5-7H2,1-4H3;1-6H;5H,2-4H2,1H3/b14-12+,16-13+;12-9+;;;. The number of benzene rings is 3. The van der Waals surface area contributed by atoms with E-state index in [0.29, 0.717) is 12.2 Å². The maximum Gasteiger partial charge on any atom is 0.344 e. The fourth-order valence-electron chi connectivity index (χ4n) is 4.87. The van der Waals surface area contributed by atoms with Crippen molar-refractivity contribution in [3.8, 4) is 0 Å². The molecule has 0 N–H and O–H groups in total. The van der Waals surface area contributed by atoms with E-state index in [4.69, 9.17) is 18.5 Å². The van der Waals surface area contributed by atoms with Crippen molar-refractivity contribution < 1.29 is 47.1 Å². The van der Waals surface area contributed by atoms with Crippen molar-refractivity contribution in [2.75, 3.05) is 26.4 Å². The number of hydrogen-bond donors (Lipinski definition) is 0. The second-order valence-corrected chi connectivity index (χ2v) is 15.4. The van der Waals surface area contributed by atoms with Crippen LogP contribution >= 0.6 is 7.60 Å². The zero-order valence-electron chi connectivity index (χ0n) is 38.0. The van der Waals surface area contributed by atoms with E-state index in [2.05, 4.69) is 39.0 Å². The van der Waals surface area contributed by atoms with Gasteiger partial charge in [-0.2, -0.15) is 0 Å². The Morgan fingerprint density at radius 1 is 0.607 bits per heavy atom. The van der Waals surface area contributed by atoms with Crippen LogP contribution in [0.25, 0.3) is 12.2 Å². The highest BCUT2D eigenvalue weighted by Crippen LogP contribution is 2.53. The van der Waals surface area contributed by atoms with Crippen molar-refractivity contribution in [3.05, 3.63) is 130 Å². The highest BCUT2D eigenvalue weighted by Gasteiger charge is 2.38. The topological polar surface area (TPSA) is 139 Å². The molecule has 0 amide bonds. The van der Waals surface area contributed by atoms with Gasteiger partial charge in [0.15, 0.2) is 5.66 Å². The van der Waals surface area contributed by atoms with Gasteiger partial charge in [-0.1, -0.05) is 137 Å². The third-order valence-corrected chi connectivity index (χ3v) is 10.3. The molecule has 3 aromatic rings. The molecule has 0 radical (unpaired) electrons. The first-order chi connectivity index (χ1) is 29.4. The number of unbranched alkanes of at least 4 members (excludes halogenated alkanes) is 2. The lowest BCUT2D eigenvalue weighted by atomic mass is 10.0. The van der Waals surface area contributed by atoms with E-state index < -0.39 is 19.2 Å². The summed E-state index contributed by atoms with van der Waals surface area (Å²) in [5, 5.41) is 0. The molecule has 0 saturated carbocycles. The summed E-state index contributed by atoms with van der Waals surface area (Å²) < 4.78 is 31.9. The van der Waals surface area contributed by atoms with Crippen LogP contribution in [-0.2, 0) is 42.3 Å². The number of carbonyl (C=O) groups is 5. The summed E-state index contributed by atoms with van der Waals surface area (Å²) >= 11 is 0. The minimum absolute atomic E-state index is 0.237. The molecule has 0 bridgehead atoms. The Morgan fingerprint density at radius 3 is 1.39 bits per heavy atom. The average Bonchev–Trinajstić information content (AvgIpc) is 3.27. The molecule has 0 heterocycles. The van der Waals surface area contributed by atoms with E-state index in [1.54, 1.807) is 39.8 Å². The molecule has 0 aliphatic carbocycles. The van der Waals surface area contributed by atoms with E-state index in [0.717, 1.165) is 91.6 Å². The Labute approximate surface area is 366 Å². The van der Waals surface area contributed by atoms with Crippen molar-refractivity contribution in [2.24, 2.45) is 0 Å². The minimum atomic E-state index is -3.37. The van der Waals surface area contributed by atoms with Crippen molar-refractivity contribution >= 4 is 50.5 Å². The van der Waals surface area contributed by atoms with E-state index in [9.17, 15) is 28.5 Å². The van der Waals surface area contributed by atoms with Crippen molar-refractivity contribution in [1.29, 1.82) is 0 Å². The summed E-state index contributed by atoms with van der Waals surface area (Å²) in [7, 11) is -3.37. The lowest BCUT2D eigenvalue weighted by Gasteiger charge is -2.21. The van der Waals surface area contributed by atoms with Crippen LogP contribution in [0, 0.1) is 0 Å². The third-order valence-electron chi connectivity index (χ3n) is 7.86. The van der Waals surface area contributed by atoms with Gasteiger partial charge in [0.1, 0.15) is 18.9 Å². The fraction of sp³-hybridized carbons (Fsp3) is 0.420. The Kier molecular flexibility index (Phi) is 37.3. The van der Waals surface area contributed by atoms with Gasteiger partial charge in [-0.3, -0.25) is 18.9 Å². The molecule has 0 saturated heterocycles. The fourth-order valence-corrected chi connectivity index (χ4v) is 6.44. The van der Waals surface area contributed by atoms with Gasteiger partial charge < -0.3 is 23.3 Å². The second kappa shape index (κ2) is 39.1. The molecule has 0 aliphatic rings. The Morgan fingerprint density at radius 2 is 1.05 bits per heavy atom. The molecule has 11 heteroatoms. The third kappa shape index (κ3) is 29.8. The van der Waals surface area contributed by atoms with Gasteiger partial charge >= 0.3 is 19.5 Å². The van der Waals surface area contributed by atoms with Crippen LogP contribution in [0.4, 0.5) is 0 Å². The van der Waals surface area contributed by atoms with Crippen molar-refractivity contribution in [2.45, 2.75) is 113 Å². The first-order valence-electron chi connectivity index (χ1n) is 21.2. The van der Waals surface area contributed by atoms with E-state index in [-0.39, 0.29) is 25.8 Å². The molecule has 0 aliphatic heterocycles. The number of rotatable bonds is 21. The number of allylic oxidation sites excluding steroid dienone is 3. The monoisotopic (exact) mass is 862 g/mol. The second-order valence-electron chi connectivity index (χ2n) is 13.1. The number of aldehydes is 3. The van der Waals surface area contributed by atoms with E-state index in [1.165, 1.54) is 6.92 Å². The van der Waals surface area contributed by atoms with Gasteiger partial charge in [-0.15, -0.1) is 0 Å². The molecule has 1 atom stereocenters. The smallest absolute Gasteiger partial charge is 0.344 e. The highest BCUT2D eigenvalue weighted by molar-refractivity contribution is 7.55. The zero-order valence-corrected chi connectivity index (χ0v) is 38.9. The first-order valence-corrected chi connectivity index (χ1v) is 22.8. The summed E-state index contributed by atoms with van der Waals surface area (Å²) in [5.74, 6) is -0.791. The lowest BCUT2D eigenvalue weighted by molar-refractivity contribution is -0.142. The Hall–Kier alpha value is -5.02. The maximum atomic E-state index is 12.1. The van der Waals surface area contributed by atoms with Crippen LogP contribution in [0.2, 0.25) is 0 Å². The van der Waals surface area contributed by atoms with E-state index in [1.807, 2.05) is 85.8 Å². The van der Waals surface area contributed by atoms with Crippen LogP contribution in [0.5, 0.6) is 0 Å². The molecular weight excluding hydrogens is 792 g/mol. The summed E-state index contributed by atoms with van der Waals surface area (Å²) in [6, 6.07) is 29.1. The number of esters is 2. The quantitative estimate of drug-likeness (QED) is 0.0254. The predicted molar refractivity (Wildman–Crippen MR) is 249 cm³/mol. The SMILES string of the molecule is CCC/C(C=O)=C\c1ccccc1.CCCC(=C\c1ccccc1)/C=C(\C)C(=O)OCC.CCCCC=O.CCOC(=O)C(C)P(=O)(OCC)OCC.O=Cc1ccccc1. The van der Waals surface area contributed by atoms with Crippen LogP contribution in [0.1, 0.15) is 129 Å². The van der Waals surface area contributed by atoms with Crippen LogP contribution in [0.15, 0.2) is 114 Å². The summed E-state index contributed by atoms with van der Waals surface area (Å²) in [5.41, 5.74) is 4.77. The molecule has 10 nitrogen and oxygen atoms in total. The van der Waals surface area contributed by atoms with Gasteiger partial charge in [0.2, 0.25) is 0 Å². The van der Waals surface area contributed by atoms with Crippen LogP contribution in [-0.4, -0.2) is 62.9 Å². The van der Waals surface area contributed by atoms with Gasteiger partial charge in [0.05, 0.1) is 26.4 Å². The van der Waals surface area contributed by atoms with Crippen LogP contribution in [0.3, 0.4) is 0 Å². The number of hydrogen-bond acceptors (Lipinski definition) is 10. The van der Waals surface area contributed by atoms with Gasteiger partial charge in [-0.25, -0.2) is 4.79 Å². The molecule has 1 unspecified atom stereocenters. The summed E-state index contributed by atoms with van der Waals surface area (Å²) in [6.07, 6.45) is 15.5. The highest BCUT2D eigenvalue weighted by atomic mass is 31.2. The maximum absolute atomic E-state index is 12.1. The van der Waals surface area contributed by atoms with Crippen LogP contribution < -0.4 is 0 Å². The zero-order chi connectivity index (χ0) is 46.2. The molecule has 3 aromatic carbocycles.